The van der Waals surface area contributed by atoms with Crippen molar-refractivity contribution in [1.29, 1.82) is 0 Å². The molecule has 2 atom stereocenters. The minimum absolute atomic E-state index is 0.0687. The number of ether oxygens (including phenoxy) is 1. The van der Waals surface area contributed by atoms with Crippen LogP contribution in [0.15, 0.2) is 24.3 Å². The molecule has 0 spiro atoms. The zero-order chi connectivity index (χ0) is 15.5. The number of carbonyl (C=O) groups is 1. The van der Waals surface area contributed by atoms with Gasteiger partial charge in [0.05, 0.1) is 0 Å². The summed E-state index contributed by atoms with van der Waals surface area (Å²) in [5.74, 6) is 0.0594. The Labute approximate surface area is 122 Å². The third-order valence-corrected chi connectivity index (χ3v) is 4.08. The lowest BCUT2D eigenvalue weighted by molar-refractivity contribution is -0.274. The Bertz CT molecular complexity index is 497. The summed E-state index contributed by atoms with van der Waals surface area (Å²) in [6.07, 6.45) is 0.103. The van der Waals surface area contributed by atoms with Gasteiger partial charge in [-0.1, -0.05) is 38.3 Å². The van der Waals surface area contributed by atoms with Gasteiger partial charge in [0.1, 0.15) is 5.75 Å². The first-order valence-corrected chi connectivity index (χ1v) is 7.29. The molecule has 0 bridgehead atoms. The highest BCUT2D eigenvalue weighted by Crippen LogP contribution is 2.33. The van der Waals surface area contributed by atoms with E-state index in [1.807, 2.05) is 0 Å². The van der Waals surface area contributed by atoms with Gasteiger partial charge in [0.15, 0.2) is 5.78 Å². The molecule has 1 saturated carbocycles. The van der Waals surface area contributed by atoms with E-state index in [1.165, 1.54) is 18.2 Å². The molecule has 2 rings (SSSR count). The van der Waals surface area contributed by atoms with Crippen molar-refractivity contribution in [3.05, 3.63) is 29.8 Å². The molecule has 21 heavy (non-hydrogen) atoms. The molecule has 2 unspecified atom stereocenters. The standard InChI is InChI=1S/C16H19F3O2/c1-2-11-5-3-6-12(9-11)15(20)13-7-4-8-14(10-13)21-16(17,18)19/h4,7-8,10-12H,2-3,5-6,9H2,1H3. The fourth-order valence-corrected chi connectivity index (χ4v) is 2.98. The second-order valence-electron chi connectivity index (χ2n) is 5.58. The fourth-order valence-electron chi connectivity index (χ4n) is 2.98. The second kappa shape index (κ2) is 6.50. The maximum Gasteiger partial charge on any atom is 0.573 e. The molecule has 1 aromatic carbocycles. The maximum atomic E-state index is 12.4. The summed E-state index contributed by atoms with van der Waals surface area (Å²) < 4.78 is 40.5. The van der Waals surface area contributed by atoms with Crippen LogP contribution >= 0.6 is 0 Å². The lowest BCUT2D eigenvalue weighted by Crippen LogP contribution is -2.23. The Morgan fingerprint density at radius 1 is 1.33 bits per heavy atom. The van der Waals surface area contributed by atoms with Crippen LogP contribution in [0, 0.1) is 11.8 Å². The first kappa shape index (κ1) is 15.9. The Hall–Kier alpha value is -1.52. The topological polar surface area (TPSA) is 26.3 Å². The van der Waals surface area contributed by atoms with E-state index in [1.54, 1.807) is 6.07 Å². The van der Waals surface area contributed by atoms with Gasteiger partial charge in [-0.2, -0.15) is 0 Å². The smallest absolute Gasteiger partial charge is 0.406 e. The number of halogens is 3. The van der Waals surface area contributed by atoms with Crippen molar-refractivity contribution in [1.82, 2.24) is 0 Å². The van der Waals surface area contributed by atoms with Crippen LogP contribution in [0.2, 0.25) is 0 Å². The molecule has 116 valence electrons. The molecule has 0 heterocycles. The molecule has 0 radical (unpaired) electrons. The third kappa shape index (κ3) is 4.48. The fraction of sp³-hybridized carbons (Fsp3) is 0.562. The van der Waals surface area contributed by atoms with Gasteiger partial charge < -0.3 is 4.74 Å². The van der Waals surface area contributed by atoms with Gasteiger partial charge in [0.25, 0.3) is 0 Å². The largest absolute Gasteiger partial charge is 0.573 e. The predicted octanol–water partition coefficient (Wildman–Crippen LogP) is 4.98. The molecule has 2 nitrogen and oxygen atoms in total. The summed E-state index contributed by atoms with van der Waals surface area (Å²) in [6.45, 7) is 2.11. The quantitative estimate of drug-likeness (QED) is 0.733. The van der Waals surface area contributed by atoms with Crippen molar-refractivity contribution in [3.8, 4) is 5.75 Å². The lowest BCUT2D eigenvalue weighted by atomic mass is 9.77. The predicted molar refractivity (Wildman–Crippen MR) is 73.2 cm³/mol. The summed E-state index contributed by atoms with van der Waals surface area (Å²) in [5.41, 5.74) is 0.304. The van der Waals surface area contributed by atoms with E-state index >= 15 is 0 Å². The minimum atomic E-state index is -4.74. The molecule has 0 amide bonds. The van der Waals surface area contributed by atoms with E-state index in [0.717, 1.165) is 32.1 Å². The molecule has 1 aliphatic carbocycles. The Morgan fingerprint density at radius 3 is 2.76 bits per heavy atom. The Balaban J connectivity index is 2.10. The van der Waals surface area contributed by atoms with Crippen LogP contribution in [-0.4, -0.2) is 12.1 Å². The van der Waals surface area contributed by atoms with Crippen molar-refractivity contribution in [2.45, 2.75) is 45.4 Å². The van der Waals surface area contributed by atoms with E-state index in [-0.39, 0.29) is 17.5 Å². The van der Waals surface area contributed by atoms with Gasteiger partial charge >= 0.3 is 6.36 Å². The van der Waals surface area contributed by atoms with E-state index < -0.39 is 6.36 Å². The first-order valence-electron chi connectivity index (χ1n) is 7.29. The number of alkyl halides is 3. The molecule has 1 aromatic rings. The SMILES string of the molecule is CCC1CCCC(C(=O)c2cccc(OC(F)(F)F)c2)C1. The van der Waals surface area contributed by atoms with E-state index in [4.69, 9.17) is 0 Å². The average molecular weight is 300 g/mol. The van der Waals surface area contributed by atoms with Gasteiger partial charge in [-0.3, -0.25) is 4.79 Å². The van der Waals surface area contributed by atoms with Crippen LogP contribution in [0.4, 0.5) is 13.2 Å². The van der Waals surface area contributed by atoms with E-state index in [9.17, 15) is 18.0 Å². The lowest BCUT2D eigenvalue weighted by Gasteiger charge is -2.27. The van der Waals surface area contributed by atoms with E-state index in [2.05, 4.69) is 11.7 Å². The summed E-state index contributed by atoms with van der Waals surface area (Å²) in [5, 5.41) is 0. The summed E-state index contributed by atoms with van der Waals surface area (Å²) >= 11 is 0. The van der Waals surface area contributed by atoms with Crippen LogP contribution in [0.1, 0.15) is 49.4 Å². The van der Waals surface area contributed by atoms with Crippen LogP contribution in [-0.2, 0) is 0 Å². The van der Waals surface area contributed by atoms with Crippen LogP contribution in [0.25, 0.3) is 0 Å². The minimum Gasteiger partial charge on any atom is -0.406 e. The maximum absolute atomic E-state index is 12.4. The summed E-state index contributed by atoms with van der Waals surface area (Å²) in [6, 6.07) is 5.38. The van der Waals surface area contributed by atoms with E-state index in [0.29, 0.717) is 11.5 Å². The third-order valence-electron chi connectivity index (χ3n) is 4.08. The molecule has 1 fully saturated rings. The van der Waals surface area contributed by atoms with Crippen molar-refractivity contribution in [2.75, 3.05) is 0 Å². The van der Waals surface area contributed by atoms with Crippen molar-refractivity contribution in [3.63, 3.8) is 0 Å². The van der Waals surface area contributed by atoms with Crippen LogP contribution in [0.3, 0.4) is 0 Å². The zero-order valence-corrected chi connectivity index (χ0v) is 12.0. The normalized spacial score (nSPS) is 22.9. The number of rotatable bonds is 4. The zero-order valence-electron chi connectivity index (χ0n) is 12.0. The molecular weight excluding hydrogens is 281 g/mol. The Kier molecular flexibility index (Phi) is 4.91. The van der Waals surface area contributed by atoms with Gasteiger partial charge in [0.2, 0.25) is 0 Å². The first-order chi connectivity index (χ1) is 9.89. The van der Waals surface area contributed by atoms with Gasteiger partial charge in [-0.05, 0) is 30.9 Å². The molecule has 0 N–H and O–H groups in total. The average Bonchev–Trinajstić information content (AvgIpc) is 2.45. The number of Topliss-reactive ketones (excluding diaryl/α,β-unsaturated/α-hetero) is 1. The number of hydrogen-bond acceptors (Lipinski definition) is 2. The van der Waals surface area contributed by atoms with Gasteiger partial charge in [-0.15, -0.1) is 13.2 Å². The number of benzene rings is 1. The summed E-state index contributed by atoms with van der Waals surface area (Å²) in [4.78, 5) is 12.4. The summed E-state index contributed by atoms with van der Waals surface area (Å²) in [7, 11) is 0. The monoisotopic (exact) mass is 300 g/mol. The second-order valence-corrected chi connectivity index (χ2v) is 5.58. The molecule has 5 heteroatoms. The van der Waals surface area contributed by atoms with Gasteiger partial charge in [-0.25, -0.2) is 0 Å². The van der Waals surface area contributed by atoms with Gasteiger partial charge in [0, 0.05) is 11.5 Å². The highest BCUT2D eigenvalue weighted by atomic mass is 19.4. The Morgan fingerprint density at radius 2 is 2.10 bits per heavy atom. The molecular formula is C16H19F3O2. The van der Waals surface area contributed by atoms with Crippen LogP contribution in [0.5, 0.6) is 5.75 Å². The van der Waals surface area contributed by atoms with Crippen molar-refractivity contribution >= 4 is 5.78 Å². The van der Waals surface area contributed by atoms with Crippen molar-refractivity contribution in [2.24, 2.45) is 11.8 Å². The molecule has 0 aromatic heterocycles. The molecule has 1 aliphatic rings. The number of ketones is 1. The number of hydrogen-bond donors (Lipinski definition) is 0. The van der Waals surface area contributed by atoms with Crippen LogP contribution < -0.4 is 4.74 Å². The highest BCUT2D eigenvalue weighted by Gasteiger charge is 2.32. The molecule has 0 aliphatic heterocycles. The van der Waals surface area contributed by atoms with Crippen molar-refractivity contribution < 1.29 is 22.7 Å². The molecule has 0 saturated heterocycles. The number of carbonyl (C=O) groups excluding carboxylic acids is 1. The highest BCUT2D eigenvalue weighted by molar-refractivity contribution is 5.98.